The maximum absolute atomic E-state index is 3.28. The van der Waals surface area contributed by atoms with Crippen LogP contribution in [0.2, 0.25) is 0 Å². The second kappa shape index (κ2) is 13.0. The van der Waals surface area contributed by atoms with Crippen LogP contribution in [0.4, 0.5) is 0 Å². The summed E-state index contributed by atoms with van der Waals surface area (Å²) in [6.07, 6.45) is 2.50. The van der Waals surface area contributed by atoms with Crippen molar-refractivity contribution >= 4 is 0 Å². The molecule has 100 valence electrons. The van der Waals surface area contributed by atoms with Crippen LogP contribution in [0.1, 0.15) is 61.3 Å². The summed E-state index contributed by atoms with van der Waals surface area (Å²) in [5.74, 6) is 0. The molecule has 0 aliphatic rings. The fourth-order valence-electron chi connectivity index (χ4n) is 1.81. The van der Waals surface area contributed by atoms with Gasteiger partial charge in [0, 0.05) is 12.1 Å². The molecular weight excluding hydrogens is 196 g/mol. The Balaban J connectivity index is 0. The molecule has 0 rings (SSSR count). The molecule has 0 atom stereocenters. The molecule has 1 N–H and O–H groups in total. The second-order valence-electron chi connectivity index (χ2n) is 4.77. The first-order chi connectivity index (χ1) is 7.51. The Hall–Kier alpha value is -0.0800. The van der Waals surface area contributed by atoms with E-state index in [-0.39, 0.29) is 0 Å². The van der Waals surface area contributed by atoms with Gasteiger partial charge < -0.3 is 5.32 Å². The molecule has 0 aromatic heterocycles. The lowest BCUT2D eigenvalue weighted by molar-refractivity contribution is 0.185. The van der Waals surface area contributed by atoms with E-state index in [9.17, 15) is 0 Å². The Morgan fingerprint density at radius 1 is 0.812 bits per heavy atom. The summed E-state index contributed by atoms with van der Waals surface area (Å²) in [7, 11) is 0. The average molecular weight is 230 g/mol. The minimum atomic E-state index is 0.690. The normalized spacial score (nSPS) is 10.9. The van der Waals surface area contributed by atoms with Gasteiger partial charge >= 0.3 is 0 Å². The van der Waals surface area contributed by atoms with Gasteiger partial charge in [0.1, 0.15) is 0 Å². The number of hydrogen-bond acceptors (Lipinski definition) is 2. The van der Waals surface area contributed by atoms with Crippen molar-refractivity contribution in [1.29, 1.82) is 0 Å². The van der Waals surface area contributed by atoms with E-state index in [2.05, 4.69) is 58.7 Å². The van der Waals surface area contributed by atoms with E-state index < -0.39 is 0 Å². The van der Waals surface area contributed by atoms with Gasteiger partial charge in [0.25, 0.3) is 0 Å². The molecule has 0 fully saturated rings. The van der Waals surface area contributed by atoms with Crippen molar-refractivity contribution in [2.45, 2.75) is 73.4 Å². The number of rotatable bonds is 7. The predicted molar refractivity (Wildman–Crippen MR) is 76.1 cm³/mol. The van der Waals surface area contributed by atoms with Crippen molar-refractivity contribution < 1.29 is 0 Å². The maximum Gasteiger partial charge on any atom is 0.00411 e. The third-order valence-corrected chi connectivity index (χ3v) is 2.55. The highest BCUT2D eigenvalue weighted by atomic mass is 15.2. The summed E-state index contributed by atoms with van der Waals surface area (Å²) in [6.45, 7) is 19.0. The molecule has 0 aliphatic heterocycles. The molecule has 0 spiro atoms. The fourth-order valence-corrected chi connectivity index (χ4v) is 1.81. The summed E-state index contributed by atoms with van der Waals surface area (Å²) in [5, 5.41) is 3.28. The van der Waals surface area contributed by atoms with E-state index in [0.717, 1.165) is 6.54 Å². The first-order valence-electron chi connectivity index (χ1n) is 6.97. The van der Waals surface area contributed by atoms with E-state index >= 15 is 0 Å². The summed E-state index contributed by atoms with van der Waals surface area (Å²) >= 11 is 0. The maximum atomic E-state index is 3.28. The van der Waals surface area contributed by atoms with Gasteiger partial charge in [0.2, 0.25) is 0 Å². The van der Waals surface area contributed by atoms with Gasteiger partial charge in [-0.2, -0.15) is 0 Å². The molecule has 0 unspecified atom stereocenters. The lowest BCUT2D eigenvalue weighted by atomic mass is 10.2. The van der Waals surface area contributed by atoms with Crippen LogP contribution >= 0.6 is 0 Å². The molecule has 0 aromatic carbocycles. The van der Waals surface area contributed by atoms with Gasteiger partial charge in [-0.3, -0.25) is 4.90 Å². The number of nitrogens with zero attached hydrogens (tertiary/aromatic N) is 1. The second-order valence-corrected chi connectivity index (χ2v) is 4.77. The zero-order chi connectivity index (χ0) is 13.0. The molecule has 0 aromatic rings. The van der Waals surface area contributed by atoms with Gasteiger partial charge in [-0.15, -0.1) is 0 Å². The molecule has 0 aliphatic carbocycles. The number of hydrogen-bond donors (Lipinski definition) is 1. The molecule has 16 heavy (non-hydrogen) atoms. The van der Waals surface area contributed by atoms with Crippen molar-refractivity contribution in [2.75, 3.05) is 19.6 Å². The monoisotopic (exact) mass is 230 g/mol. The van der Waals surface area contributed by atoms with Crippen molar-refractivity contribution in [3.63, 3.8) is 0 Å². The van der Waals surface area contributed by atoms with Gasteiger partial charge in [-0.1, -0.05) is 20.8 Å². The van der Waals surface area contributed by atoms with Crippen LogP contribution in [0.5, 0.6) is 0 Å². The largest absolute Gasteiger partial charge is 0.317 e. The Morgan fingerprint density at radius 3 is 1.31 bits per heavy atom. The fraction of sp³-hybridized carbons (Fsp3) is 1.00. The Kier molecular flexibility index (Phi) is 14.8. The van der Waals surface area contributed by atoms with E-state index in [1.54, 1.807) is 0 Å². The van der Waals surface area contributed by atoms with Crippen LogP contribution in [0.3, 0.4) is 0 Å². The van der Waals surface area contributed by atoms with Crippen LogP contribution in [0, 0.1) is 0 Å². The Labute approximate surface area is 104 Å². The van der Waals surface area contributed by atoms with E-state index in [0.29, 0.717) is 12.1 Å². The summed E-state index contributed by atoms with van der Waals surface area (Å²) in [6, 6.07) is 1.38. The van der Waals surface area contributed by atoms with Crippen LogP contribution in [0.15, 0.2) is 0 Å². The highest BCUT2D eigenvalue weighted by Gasteiger charge is 2.08. The highest BCUT2D eigenvalue weighted by molar-refractivity contribution is 4.64. The van der Waals surface area contributed by atoms with Crippen molar-refractivity contribution in [2.24, 2.45) is 0 Å². The lowest BCUT2D eigenvalue weighted by Gasteiger charge is -2.28. The van der Waals surface area contributed by atoms with Crippen molar-refractivity contribution in [3.05, 3.63) is 0 Å². The molecule has 0 heterocycles. The van der Waals surface area contributed by atoms with Crippen LogP contribution in [0.25, 0.3) is 0 Å². The Bertz CT molecular complexity index is 110. The minimum Gasteiger partial charge on any atom is -0.317 e. The molecule has 2 heteroatoms. The minimum absolute atomic E-state index is 0.690. The smallest absolute Gasteiger partial charge is 0.00411 e. The molecule has 0 saturated carbocycles. The molecule has 0 bridgehead atoms. The summed E-state index contributed by atoms with van der Waals surface area (Å²) in [4.78, 5) is 2.46. The van der Waals surface area contributed by atoms with Gasteiger partial charge in [-0.05, 0) is 60.2 Å². The van der Waals surface area contributed by atoms with E-state index in [1.165, 1.54) is 25.9 Å². The van der Waals surface area contributed by atoms with Crippen LogP contribution in [-0.2, 0) is 0 Å². The highest BCUT2D eigenvalue weighted by Crippen LogP contribution is 2.02. The summed E-state index contributed by atoms with van der Waals surface area (Å²) < 4.78 is 0. The third-order valence-electron chi connectivity index (χ3n) is 2.55. The quantitative estimate of drug-likeness (QED) is 0.673. The molecule has 2 nitrogen and oxygen atoms in total. The van der Waals surface area contributed by atoms with E-state index in [1.807, 2.05) is 0 Å². The molecule has 0 amide bonds. The molecule has 0 saturated heterocycles. The first kappa shape index (κ1) is 18.3. The first-order valence-corrected chi connectivity index (χ1v) is 6.97. The van der Waals surface area contributed by atoms with Crippen molar-refractivity contribution in [1.82, 2.24) is 10.2 Å². The van der Waals surface area contributed by atoms with Gasteiger partial charge in [-0.25, -0.2) is 0 Å². The SMILES string of the molecule is CCCNCCC.CCN(C(C)C)C(C)C. The average Bonchev–Trinajstić information content (AvgIpc) is 2.19. The van der Waals surface area contributed by atoms with Crippen LogP contribution in [-0.4, -0.2) is 36.6 Å². The lowest BCUT2D eigenvalue weighted by Crippen LogP contribution is -2.36. The Morgan fingerprint density at radius 2 is 1.19 bits per heavy atom. The zero-order valence-electron chi connectivity index (χ0n) is 12.6. The molecular formula is C14H34N2. The molecule has 0 radical (unpaired) electrons. The topological polar surface area (TPSA) is 15.3 Å². The summed E-state index contributed by atoms with van der Waals surface area (Å²) in [5.41, 5.74) is 0. The van der Waals surface area contributed by atoms with Gasteiger partial charge in [0.15, 0.2) is 0 Å². The van der Waals surface area contributed by atoms with Crippen LogP contribution < -0.4 is 5.32 Å². The number of nitrogens with one attached hydrogen (secondary N) is 1. The zero-order valence-corrected chi connectivity index (χ0v) is 12.6. The van der Waals surface area contributed by atoms with Gasteiger partial charge in [0.05, 0.1) is 0 Å². The van der Waals surface area contributed by atoms with Crippen molar-refractivity contribution in [3.8, 4) is 0 Å². The van der Waals surface area contributed by atoms with E-state index in [4.69, 9.17) is 0 Å². The third kappa shape index (κ3) is 12.0. The standard InChI is InChI=1S/C8H19N.C6H15N/c1-6-9(7(2)3)8(4)5;1-3-5-7-6-4-2/h7-8H,6H2,1-5H3;7H,3-6H2,1-2H3. The predicted octanol–water partition coefficient (Wildman–Crippen LogP) is 3.52.